The summed E-state index contributed by atoms with van der Waals surface area (Å²) in [5.74, 6) is 1.14. The van der Waals surface area contributed by atoms with Crippen molar-refractivity contribution in [2.75, 3.05) is 30.2 Å². The van der Waals surface area contributed by atoms with Crippen LogP contribution < -0.4 is 14.8 Å². The molecule has 1 aromatic rings. The van der Waals surface area contributed by atoms with Crippen LogP contribution in [0.4, 0.5) is 5.69 Å². The fraction of sp³-hybridized carbons (Fsp3) is 0.385. The second-order valence-corrected chi connectivity index (χ2v) is 4.90. The minimum Gasteiger partial charge on any atom is -0.465 e. The number of carbonyl (C=O) groups is 2. The monoisotopic (exact) mass is 297 g/mol. The Bertz CT molecular complexity index is 506. The number of rotatable bonds is 6. The molecule has 0 saturated heterocycles. The molecule has 0 radical (unpaired) electrons. The van der Waals surface area contributed by atoms with Crippen LogP contribution in [0.2, 0.25) is 0 Å². The van der Waals surface area contributed by atoms with E-state index in [-0.39, 0.29) is 30.2 Å². The van der Waals surface area contributed by atoms with Gasteiger partial charge in [0.1, 0.15) is 0 Å². The van der Waals surface area contributed by atoms with Gasteiger partial charge in [-0.3, -0.25) is 9.59 Å². The third kappa shape index (κ3) is 4.06. The van der Waals surface area contributed by atoms with Gasteiger partial charge >= 0.3 is 5.97 Å². The molecule has 6 nitrogen and oxygen atoms in total. The van der Waals surface area contributed by atoms with Crippen LogP contribution in [-0.4, -0.2) is 36.8 Å². The highest BCUT2D eigenvalue weighted by molar-refractivity contribution is 8.00. The number of thioether (sulfide) groups is 1. The maximum atomic E-state index is 11.7. The molecule has 1 aliphatic heterocycles. The highest BCUT2D eigenvalue weighted by Gasteiger charge is 2.14. The third-order valence-corrected chi connectivity index (χ3v) is 3.32. The van der Waals surface area contributed by atoms with Crippen LogP contribution in [0.3, 0.4) is 0 Å². The molecule has 1 heterocycles. The smallest absolute Gasteiger partial charge is 0.315 e. The van der Waals surface area contributed by atoms with Crippen LogP contribution in [0.15, 0.2) is 18.2 Å². The molecular formula is C13H15NO5S. The summed E-state index contributed by atoms with van der Waals surface area (Å²) < 4.78 is 15.2. The minimum absolute atomic E-state index is 0.169. The van der Waals surface area contributed by atoms with E-state index in [1.54, 1.807) is 25.1 Å². The van der Waals surface area contributed by atoms with Gasteiger partial charge in [-0.25, -0.2) is 0 Å². The molecule has 0 bridgehead atoms. The number of hydrogen-bond donors (Lipinski definition) is 1. The molecule has 1 amide bonds. The molecular weight excluding hydrogens is 282 g/mol. The second-order valence-electron chi connectivity index (χ2n) is 3.91. The molecule has 20 heavy (non-hydrogen) atoms. The Labute approximate surface area is 120 Å². The molecule has 7 heteroatoms. The first-order chi connectivity index (χ1) is 9.69. The number of fused-ring (bicyclic) bond motifs is 1. The zero-order valence-corrected chi connectivity index (χ0v) is 11.8. The molecule has 108 valence electrons. The first-order valence-corrected chi connectivity index (χ1v) is 7.27. The first kappa shape index (κ1) is 14.5. The lowest BCUT2D eigenvalue weighted by Crippen LogP contribution is -2.16. The van der Waals surface area contributed by atoms with Crippen molar-refractivity contribution >= 4 is 29.3 Å². The van der Waals surface area contributed by atoms with Crippen molar-refractivity contribution in [3.05, 3.63) is 18.2 Å². The Balaban J connectivity index is 1.76. The van der Waals surface area contributed by atoms with E-state index < -0.39 is 0 Å². The van der Waals surface area contributed by atoms with Gasteiger partial charge in [0, 0.05) is 11.8 Å². The van der Waals surface area contributed by atoms with Crippen LogP contribution >= 0.6 is 11.8 Å². The fourth-order valence-corrected chi connectivity index (χ4v) is 2.21. The van der Waals surface area contributed by atoms with Crippen molar-refractivity contribution in [3.8, 4) is 11.5 Å². The van der Waals surface area contributed by atoms with Crippen molar-refractivity contribution < 1.29 is 23.8 Å². The van der Waals surface area contributed by atoms with Crippen molar-refractivity contribution in [2.24, 2.45) is 0 Å². The fourth-order valence-electron chi connectivity index (χ4n) is 1.60. The summed E-state index contributed by atoms with van der Waals surface area (Å²) in [5.41, 5.74) is 0.635. The van der Waals surface area contributed by atoms with Crippen LogP contribution in [-0.2, 0) is 14.3 Å². The van der Waals surface area contributed by atoms with Crippen molar-refractivity contribution in [1.82, 2.24) is 0 Å². The largest absolute Gasteiger partial charge is 0.465 e. The Kier molecular flexibility index (Phi) is 5.11. The van der Waals surface area contributed by atoms with Crippen LogP contribution in [0.1, 0.15) is 6.92 Å². The standard InChI is InChI=1S/C13H15NO5S/c1-2-17-13(16)7-20-6-12(15)14-9-3-4-10-11(5-9)19-8-18-10/h3-5H,2,6-8H2,1H3,(H,14,15). The highest BCUT2D eigenvalue weighted by atomic mass is 32.2. The van der Waals surface area contributed by atoms with E-state index in [2.05, 4.69) is 5.32 Å². The first-order valence-electron chi connectivity index (χ1n) is 6.12. The van der Waals surface area contributed by atoms with Gasteiger partial charge in [-0.15, -0.1) is 11.8 Å². The number of ether oxygens (including phenoxy) is 3. The lowest BCUT2D eigenvalue weighted by Gasteiger charge is -2.06. The Morgan fingerprint density at radius 1 is 1.30 bits per heavy atom. The second kappa shape index (κ2) is 7.04. The van der Waals surface area contributed by atoms with E-state index in [0.717, 1.165) is 0 Å². The zero-order valence-electron chi connectivity index (χ0n) is 11.0. The molecule has 0 saturated carbocycles. The quantitative estimate of drug-likeness (QED) is 0.805. The number of carbonyl (C=O) groups excluding carboxylic acids is 2. The van der Waals surface area contributed by atoms with Gasteiger partial charge in [0.15, 0.2) is 11.5 Å². The molecule has 0 aliphatic carbocycles. The maximum Gasteiger partial charge on any atom is 0.315 e. The topological polar surface area (TPSA) is 73.9 Å². The average molecular weight is 297 g/mol. The molecule has 2 rings (SSSR count). The molecule has 1 N–H and O–H groups in total. The van der Waals surface area contributed by atoms with Crippen molar-refractivity contribution in [1.29, 1.82) is 0 Å². The van der Waals surface area contributed by atoms with Gasteiger partial charge in [-0.05, 0) is 19.1 Å². The number of amides is 1. The van der Waals surface area contributed by atoms with Crippen LogP contribution in [0, 0.1) is 0 Å². The number of hydrogen-bond acceptors (Lipinski definition) is 6. The molecule has 1 aromatic carbocycles. The van der Waals surface area contributed by atoms with E-state index in [1.807, 2.05) is 0 Å². The number of esters is 1. The lowest BCUT2D eigenvalue weighted by atomic mass is 10.3. The van der Waals surface area contributed by atoms with Gasteiger partial charge in [0.05, 0.1) is 18.1 Å². The number of anilines is 1. The number of nitrogens with one attached hydrogen (secondary N) is 1. The van der Waals surface area contributed by atoms with E-state index in [1.165, 1.54) is 11.8 Å². The molecule has 0 fully saturated rings. The molecule has 0 spiro atoms. The van der Waals surface area contributed by atoms with E-state index in [9.17, 15) is 9.59 Å². The molecule has 1 aliphatic rings. The van der Waals surface area contributed by atoms with Crippen LogP contribution in [0.25, 0.3) is 0 Å². The number of benzene rings is 1. The Morgan fingerprint density at radius 3 is 2.90 bits per heavy atom. The molecule has 0 aromatic heterocycles. The SMILES string of the molecule is CCOC(=O)CSCC(=O)Nc1ccc2c(c1)OCO2. The predicted octanol–water partition coefficient (Wildman–Crippen LogP) is 1.65. The normalized spacial score (nSPS) is 12.1. The van der Waals surface area contributed by atoms with Gasteiger partial charge in [-0.1, -0.05) is 0 Å². The van der Waals surface area contributed by atoms with Gasteiger partial charge in [0.25, 0.3) is 0 Å². The average Bonchev–Trinajstić information content (AvgIpc) is 2.86. The van der Waals surface area contributed by atoms with Crippen molar-refractivity contribution in [2.45, 2.75) is 6.92 Å². The summed E-state index contributed by atoms with van der Waals surface area (Å²) in [6.07, 6.45) is 0. The van der Waals surface area contributed by atoms with Gasteiger partial charge in [-0.2, -0.15) is 0 Å². The summed E-state index contributed by atoms with van der Waals surface area (Å²) in [6.45, 7) is 2.29. The Hall–Kier alpha value is -1.89. The zero-order chi connectivity index (χ0) is 14.4. The van der Waals surface area contributed by atoms with E-state index in [0.29, 0.717) is 23.8 Å². The minimum atomic E-state index is -0.312. The van der Waals surface area contributed by atoms with Gasteiger partial charge in [0.2, 0.25) is 12.7 Å². The summed E-state index contributed by atoms with van der Waals surface area (Å²) >= 11 is 1.21. The summed E-state index contributed by atoms with van der Waals surface area (Å²) in [6, 6.07) is 5.18. The summed E-state index contributed by atoms with van der Waals surface area (Å²) in [5, 5.41) is 2.73. The summed E-state index contributed by atoms with van der Waals surface area (Å²) in [7, 11) is 0. The predicted molar refractivity (Wildman–Crippen MR) is 75.2 cm³/mol. The van der Waals surface area contributed by atoms with Crippen LogP contribution in [0.5, 0.6) is 11.5 Å². The lowest BCUT2D eigenvalue weighted by molar-refractivity contribution is -0.139. The molecule has 0 unspecified atom stereocenters. The van der Waals surface area contributed by atoms with E-state index >= 15 is 0 Å². The highest BCUT2D eigenvalue weighted by Crippen LogP contribution is 2.34. The maximum absolute atomic E-state index is 11.7. The molecule has 0 atom stereocenters. The summed E-state index contributed by atoms with van der Waals surface area (Å²) in [4.78, 5) is 22.8. The van der Waals surface area contributed by atoms with E-state index in [4.69, 9.17) is 14.2 Å². The van der Waals surface area contributed by atoms with Gasteiger partial charge < -0.3 is 19.5 Å². The van der Waals surface area contributed by atoms with Crippen molar-refractivity contribution in [3.63, 3.8) is 0 Å². The third-order valence-electron chi connectivity index (χ3n) is 2.41. The Morgan fingerprint density at radius 2 is 2.10 bits per heavy atom.